The Morgan fingerprint density at radius 3 is 2.87 bits per heavy atom. The van der Waals surface area contributed by atoms with Gasteiger partial charge in [-0.3, -0.25) is 4.79 Å². The van der Waals surface area contributed by atoms with Crippen molar-refractivity contribution < 1.29 is 9.53 Å². The Balaban J connectivity index is 0.00000256. The molecule has 2 unspecified atom stereocenters. The molecule has 0 saturated carbocycles. The first kappa shape index (κ1) is 22.3. The van der Waals surface area contributed by atoms with Gasteiger partial charge in [0.1, 0.15) is 18.1 Å². The quantitative estimate of drug-likeness (QED) is 0.318. The van der Waals surface area contributed by atoms with E-state index < -0.39 is 0 Å². The number of fused-ring (bicyclic) bond motifs is 1. The van der Waals surface area contributed by atoms with E-state index in [1.807, 2.05) is 36.7 Å². The summed E-state index contributed by atoms with van der Waals surface area (Å²) in [4.78, 5) is 16.2. The zero-order valence-electron chi connectivity index (χ0n) is 17.2. The molecule has 30 heavy (non-hydrogen) atoms. The van der Waals surface area contributed by atoms with Crippen LogP contribution in [0.4, 0.5) is 0 Å². The summed E-state index contributed by atoms with van der Waals surface area (Å²) in [6.45, 7) is 3.58. The first-order valence-electron chi connectivity index (χ1n) is 10.0. The zero-order chi connectivity index (χ0) is 20.2. The molecule has 1 aromatic heterocycles. The Kier molecular flexibility index (Phi) is 7.51. The van der Waals surface area contributed by atoms with Crippen molar-refractivity contribution in [3.8, 4) is 5.75 Å². The van der Waals surface area contributed by atoms with Crippen molar-refractivity contribution in [2.75, 3.05) is 13.2 Å². The average molecular weight is 525 g/mol. The molecule has 9 nitrogen and oxygen atoms in total. The number of para-hydroxylation sites is 1. The van der Waals surface area contributed by atoms with Gasteiger partial charge in [-0.1, -0.05) is 18.2 Å². The summed E-state index contributed by atoms with van der Waals surface area (Å²) in [6.07, 6.45) is 2.15. The molecule has 162 valence electrons. The molecule has 2 aliphatic rings. The maximum atomic E-state index is 11.5. The second kappa shape index (κ2) is 10.1. The van der Waals surface area contributed by atoms with Crippen molar-refractivity contribution in [2.45, 2.75) is 44.8 Å². The number of aliphatic imine (C=N–C) groups is 1. The van der Waals surface area contributed by atoms with Gasteiger partial charge in [-0.15, -0.1) is 34.2 Å². The lowest BCUT2D eigenvalue weighted by Crippen LogP contribution is -2.52. The van der Waals surface area contributed by atoms with Crippen LogP contribution < -0.4 is 20.7 Å². The normalized spacial score (nSPS) is 21.0. The number of ether oxygens (including phenoxy) is 1. The fraction of sp³-hybridized carbons (Fsp3) is 0.500. The number of nitrogens with zero attached hydrogens (tertiary/aromatic N) is 4. The molecule has 10 heteroatoms. The highest BCUT2D eigenvalue weighted by Crippen LogP contribution is 2.31. The van der Waals surface area contributed by atoms with Crippen molar-refractivity contribution in [3.05, 3.63) is 41.5 Å². The predicted molar refractivity (Wildman–Crippen MR) is 124 cm³/mol. The van der Waals surface area contributed by atoms with Gasteiger partial charge in [0.05, 0.1) is 12.6 Å². The van der Waals surface area contributed by atoms with Crippen molar-refractivity contribution >= 4 is 35.8 Å². The summed E-state index contributed by atoms with van der Waals surface area (Å²) in [5.41, 5.74) is 1.12. The number of aromatic nitrogens is 3. The Morgan fingerprint density at radius 1 is 1.30 bits per heavy atom. The minimum atomic E-state index is 0. The molecule has 3 N–H and O–H groups in total. The van der Waals surface area contributed by atoms with Crippen molar-refractivity contribution in [2.24, 2.45) is 12.0 Å². The molecule has 0 bridgehead atoms. The van der Waals surface area contributed by atoms with Gasteiger partial charge in [-0.05, 0) is 19.4 Å². The summed E-state index contributed by atoms with van der Waals surface area (Å²) < 4.78 is 7.71. The lowest BCUT2D eigenvalue weighted by Gasteiger charge is -2.30. The average Bonchev–Trinajstić information content (AvgIpc) is 3.06. The molecular formula is C20H28IN7O2. The van der Waals surface area contributed by atoms with Crippen LogP contribution in [-0.4, -0.2) is 45.8 Å². The fourth-order valence-electron chi connectivity index (χ4n) is 3.58. The lowest BCUT2D eigenvalue weighted by atomic mass is 10.0. The molecule has 2 aliphatic heterocycles. The maximum absolute atomic E-state index is 11.5. The largest absolute Gasteiger partial charge is 0.493 e. The highest BCUT2D eigenvalue weighted by molar-refractivity contribution is 14.0. The molecule has 1 aromatic carbocycles. The van der Waals surface area contributed by atoms with Crippen molar-refractivity contribution in [3.63, 3.8) is 0 Å². The Hall–Kier alpha value is -2.37. The number of halogens is 1. The van der Waals surface area contributed by atoms with Gasteiger partial charge < -0.3 is 25.3 Å². The summed E-state index contributed by atoms with van der Waals surface area (Å²) >= 11 is 0. The third-order valence-corrected chi connectivity index (χ3v) is 5.44. The van der Waals surface area contributed by atoms with Gasteiger partial charge in [0.25, 0.3) is 0 Å². The van der Waals surface area contributed by atoms with E-state index in [1.54, 1.807) is 0 Å². The van der Waals surface area contributed by atoms with Crippen LogP contribution in [0.5, 0.6) is 5.75 Å². The van der Waals surface area contributed by atoms with Crippen LogP contribution >= 0.6 is 24.0 Å². The van der Waals surface area contributed by atoms with Gasteiger partial charge in [-0.2, -0.15) is 0 Å². The third-order valence-electron chi connectivity index (χ3n) is 5.44. The number of guanidine groups is 1. The van der Waals surface area contributed by atoms with Gasteiger partial charge in [-0.25, -0.2) is 4.99 Å². The van der Waals surface area contributed by atoms with E-state index in [0.717, 1.165) is 35.8 Å². The molecule has 0 radical (unpaired) electrons. The van der Waals surface area contributed by atoms with Gasteiger partial charge in [0.15, 0.2) is 11.8 Å². The van der Waals surface area contributed by atoms with Gasteiger partial charge >= 0.3 is 0 Å². The number of nitrogens with one attached hydrogen (secondary N) is 3. The van der Waals surface area contributed by atoms with E-state index >= 15 is 0 Å². The molecule has 1 saturated heterocycles. The number of rotatable bonds is 4. The number of aryl methyl sites for hydroxylation is 1. The van der Waals surface area contributed by atoms with E-state index in [2.05, 4.69) is 32.2 Å². The van der Waals surface area contributed by atoms with E-state index in [9.17, 15) is 4.79 Å². The number of piperidine rings is 1. The molecule has 0 spiro atoms. The SMILES string of the molecule is Cc1nnc(CN=C(NC2CCC(=O)NC2)NC2CCOc3ccccc32)n1C.I. The Bertz CT molecular complexity index is 904. The second-order valence-corrected chi connectivity index (χ2v) is 7.44. The third kappa shape index (κ3) is 5.21. The molecule has 0 aliphatic carbocycles. The lowest BCUT2D eigenvalue weighted by molar-refractivity contribution is -0.122. The highest BCUT2D eigenvalue weighted by Gasteiger charge is 2.24. The van der Waals surface area contributed by atoms with Gasteiger partial charge in [0.2, 0.25) is 5.91 Å². The van der Waals surface area contributed by atoms with Crippen LogP contribution in [-0.2, 0) is 18.4 Å². The number of carbonyl (C=O) groups excluding carboxylic acids is 1. The van der Waals surface area contributed by atoms with E-state index in [-0.39, 0.29) is 42.0 Å². The van der Waals surface area contributed by atoms with E-state index in [1.165, 1.54) is 0 Å². The Morgan fingerprint density at radius 2 is 2.13 bits per heavy atom. The smallest absolute Gasteiger partial charge is 0.220 e. The topological polar surface area (TPSA) is 105 Å². The molecular weight excluding hydrogens is 497 g/mol. The molecule has 2 atom stereocenters. The van der Waals surface area contributed by atoms with Crippen LogP contribution in [0.15, 0.2) is 29.3 Å². The predicted octanol–water partition coefficient (Wildman–Crippen LogP) is 1.58. The first-order valence-corrected chi connectivity index (χ1v) is 10.0. The van der Waals surface area contributed by atoms with Crippen LogP contribution in [0.3, 0.4) is 0 Å². The number of benzene rings is 1. The summed E-state index contributed by atoms with van der Waals surface area (Å²) in [5.74, 6) is 3.36. The van der Waals surface area contributed by atoms with E-state index in [4.69, 9.17) is 9.73 Å². The molecule has 3 heterocycles. The highest BCUT2D eigenvalue weighted by atomic mass is 127. The van der Waals surface area contributed by atoms with E-state index in [0.29, 0.717) is 32.1 Å². The minimum Gasteiger partial charge on any atom is -0.493 e. The zero-order valence-corrected chi connectivity index (χ0v) is 19.6. The standard InChI is InChI=1S/C20H27N7O2.HI/c1-13-25-26-18(27(13)2)12-22-20(23-14-7-8-19(28)21-11-14)24-16-9-10-29-17-6-4-3-5-15(16)17;/h3-6,14,16H,7-12H2,1-2H3,(H,21,28)(H2,22,23,24);1H. The maximum Gasteiger partial charge on any atom is 0.220 e. The van der Waals surface area contributed by atoms with Crippen molar-refractivity contribution in [1.29, 1.82) is 0 Å². The number of hydrogen-bond donors (Lipinski definition) is 3. The second-order valence-electron chi connectivity index (χ2n) is 7.44. The fourth-order valence-corrected chi connectivity index (χ4v) is 3.58. The van der Waals surface area contributed by atoms with Crippen LogP contribution in [0, 0.1) is 6.92 Å². The van der Waals surface area contributed by atoms with Gasteiger partial charge in [0, 0.05) is 38.0 Å². The molecule has 1 amide bonds. The summed E-state index contributed by atoms with van der Waals surface area (Å²) in [7, 11) is 1.94. The monoisotopic (exact) mass is 525 g/mol. The van der Waals surface area contributed by atoms with Crippen molar-refractivity contribution in [1.82, 2.24) is 30.7 Å². The number of hydrogen-bond acceptors (Lipinski definition) is 5. The van der Waals surface area contributed by atoms with Crippen LogP contribution in [0.25, 0.3) is 0 Å². The van der Waals surface area contributed by atoms with Crippen LogP contribution in [0.2, 0.25) is 0 Å². The first-order chi connectivity index (χ1) is 14.1. The summed E-state index contributed by atoms with van der Waals surface area (Å²) in [6, 6.07) is 8.31. The number of carbonyl (C=O) groups is 1. The van der Waals surface area contributed by atoms with Crippen LogP contribution in [0.1, 0.15) is 42.5 Å². The number of amides is 1. The Labute approximate surface area is 193 Å². The summed E-state index contributed by atoms with van der Waals surface area (Å²) in [5, 5.41) is 18.2. The molecule has 1 fully saturated rings. The minimum absolute atomic E-state index is 0. The molecule has 4 rings (SSSR count). The molecule has 2 aromatic rings.